The maximum atomic E-state index is 6.19. The van der Waals surface area contributed by atoms with Crippen LogP contribution in [0.3, 0.4) is 0 Å². The number of hydrogen-bond donors (Lipinski definition) is 1. The van der Waals surface area contributed by atoms with Crippen LogP contribution in [0.4, 0.5) is 11.6 Å². The third-order valence-electron chi connectivity index (χ3n) is 5.37. The minimum atomic E-state index is 0.352. The average Bonchev–Trinajstić information content (AvgIpc) is 3.19. The summed E-state index contributed by atoms with van der Waals surface area (Å²) in [6.07, 6.45) is 0.727. The van der Waals surface area contributed by atoms with Gasteiger partial charge in [0.1, 0.15) is 11.3 Å². The van der Waals surface area contributed by atoms with E-state index in [2.05, 4.69) is 40.2 Å². The van der Waals surface area contributed by atoms with E-state index in [-0.39, 0.29) is 0 Å². The lowest BCUT2D eigenvalue weighted by molar-refractivity contribution is 0.122. The van der Waals surface area contributed by atoms with Gasteiger partial charge in [-0.25, -0.2) is 4.98 Å². The monoisotopic (exact) mass is 389 g/mol. The van der Waals surface area contributed by atoms with E-state index in [0.717, 1.165) is 54.8 Å². The van der Waals surface area contributed by atoms with E-state index in [1.807, 2.05) is 18.2 Å². The van der Waals surface area contributed by atoms with Crippen LogP contribution in [0.1, 0.15) is 11.3 Å². The molecule has 3 heterocycles. The fourth-order valence-corrected chi connectivity index (χ4v) is 3.95. The SMILES string of the molecule is COc1cccc2c1nc(N)n1nc(Cc3cccc(N4CCOCC4)c3)cc21. The number of morpholine rings is 1. The lowest BCUT2D eigenvalue weighted by Crippen LogP contribution is -2.36. The lowest BCUT2D eigenvalue weighted by Gasteiger charge is -2.29. The number of nitrogens with zero attached hydrogens (tertiary/aromatic N) is 4. The molecule has 0 spiro atoms. The minimum absolute atomic E-state index is 0.352. The molecule has 1 saturated heterocycles. The van der Waals surface area contributed by atoms with Gasteiger partial charge in [-0.3, -0.25) is 0 Å². The molecule has 0 unspecified atom stereocenters. The maximum Gasteiger partial charge on any atom is 0.222 e. The molecule has 0 bridgehead atoms. The van der Waals surface area contributed by atoms with Gasteiger partial charge >= 0.3 is 0 Å². The van der Waals surface area contributed by atoms with Crippen LogP contribution in [-0.2, 0) is 11.2 Å². The Labute approximate surface area is 168 Å². The molecule has 5 rings (SSSR count). The zero-order chi connectivity index (χ0) is 19.8. The van der Waals surface area contributed by atoms with Crippen LogP contribution in [-0.4, -0.2) is 48.0 Å². The summed E-state index contributed by atoms with van der Waals surface area (Å²) < 4.78 is 12.6. The van der Waals surface area contributed by atoms with Gasteiger partial charge < -0.3 is 20.1 Å². The molecule has 0 amide bonds. The second-order valence-electron chi connectivity index (χ2n) is 7.21. The largest absolute Gasteiger partial charge is 0.494 e. The van der Waals surface area contributed by atoms with Gasteiger partial charge in [-0.2, -0.15) is 9.61 Å². The summed E-state index contributed by atoms with van der Waals surface area (Å²) in [4.78, 5) is 6.86. The van der Waals surface area contributed by atoms with E-state index in [4.69, 9.17) is 20.3 Å². The molecular formula is C22H23N5O2. The van der Waals surface area contributed by atoms with E-state index in [1.54, 1.807) is 11.6 Å². The number of anilines is 2. The van der Waals surface area contributed by atoms with Crippen molar-refractivity contribution in [3.63, 3.8) is 0 Å². The number of fused-ring (bicyclic) bond motifs is 3. The average molecular weight is 389 g/mol. The third-order valence-corrected chi connectivity index (χ3v) is 5.37. The topological polar surface area (TPSA) is 77.9 Å². The third kappa shape index (κ3) is 3.23. The Kier molecular flexibility index (Phi) is 4.44. The van der Waals surface area contributed by atoms with Crippen molar-refractivity contribution in [1.82, 2.24) is 14.6 Å². The maximum absolute atomic E-state index is 6.19. The molecule has 1 aliphatic heterocycles. The smallest absolute Gasteiger partial charge is 0.222 e. The highest BCUT2D eigenvalue weighted by molar-refractivity contribution is 5.97. The van der Waals surface area contributed by atoms with E-state index >= 15 is 0 Å². The molecule has 0 atom stereocenters. The number of nitrogens with two attached hydrogens (primary N) is 1. The van der Waals surface area contributed by atoms with Gasteiger partial charge in [0.25, 0.3) is 0 Å². The summed E-state index contributed by atoms with van der Waals surface area (Å²) >= 11 is 0. The van der Waals surface area contributed by atoms with Gasteiger partial charge in [-0.05, 0) is 29.8 Å². The summed E-state index contributed by atoms with van der Waals surface area (Å²) in [5.41, 5.74) is 11.3. The first kappa shape index (κ1) is 17.8. The predicted molar refractivity (Wildman–Crippen MR) is 114 cm³/mol. The zero-order valence-electron chi connectivity index (χ0n) is 16.3. The van der Waals surface area contributed by atoms with Gasteiger partial charge in [0.2, 0.25) is 5.95 Å². The van der Waals surface area contributed by atoms with Gasteiger partial charge in [0, 0.05) is 30.6 Å². The quantitative estimate of drug-likeness (QED) is 0.578. The van der Waals surface area contributed by atoms with Crippen molar-refractivity contribution >= 4 is 28.1 Å². The molecule has 148 valence electrons. The molecule has 0 aliphatic carbocycles. The number of methoxy groups -OCH3 is 1. The van der Waals surface area contributed by atoms with Crippen LogP contribution in [0.25, 0.3) is 16.4 Å². The number of nitrogen functional groups attached to an aromatic ring is 1. The van der Waals surface area contributed by atoms with Gasteiger partial charge in [-0.1, -0.05) is 24.3 Å². The van der Waals surface area contributed by atoms with Crippen LogP contribution in [0.2, 0.25) is 0 Å². The van der Waals surface area contributed by atoms with Crippen LogP contribution in [0.15, 0.2) is 48.5 Å². The molecular weight excluding hydrogens is 366 g/mol. The Balaban J connectivity index is 1.51. The number of para-hydroxylation sites is 1. The van der Waals surface area contributed by atoms with E-state index in [9.17, 15) is 0 Å². The van der Waals surface area contributed by atoms with Crippen LogP contribution in [0, 0.1) is 0 Å². The molecule has 1 aliphatic rings. The zero-order valence-corrected chi connectivity index (χ0v) is 16.3. The molecule has 7 heteroatoms. The van der Waals surface area contributed by atoms with Crippen LogP contribution < -0.4 is 15.4 Å². The van der Waals surface area contributed by atoms with E-state index < -0.39 is 0 Å². The number of aromatic nitrogens is 3. The summed E-state index contributed by atoms with van der Waals surface area (Å²) in [6.45, 7) is 3.40. The second kappa shape index (κ2) is 7.25. The number of hydrogen-bond acceptors (Lipinski definition) is 6. The highest BCUT2D eigenvalue weighted by Gasteiger charge is 2.15. The first-order valence-corrected chi connectivity index (χ1v) is 9.75. The highest BCUT2D eigenvalue weighted by atomic mass is 16.5. The first-order chi connectivity index (χ1) is 14.2. The Hall–Kier alpha value is -3.32. The predicted octanol–water partition coefficient (Wildman–Crippen LogP) is 2.90. The van der Waals surface area contributed by atoms with Crippen molar-refractivity contribution in [3.8, 4) is 5.75 Å². The molecule has 29 heavy (non-hydrogen) atoms. The highest BCUT2D eigenvalue weighted by Crippen LogP contribution is 2.29. The van der Waals surface area contributed by atoms with Crippen molar-refractivity contribution in [2.45, 2.75) is 6.42 Å². The molecule has 4 aromatic rings. The molecule has 2 aromatic carbocycles. The number of rotatable bonds is 4. The first-order valence-electron chi connectivity index (χ1n) is 9.75. The van der Waals surface area contributed by atoms with Crippen molar-refractivity contribution in [2.24, 2.45) is 0 Å². The minimum Gasteiger partial charge on any atom is -0.494 e. The molecule has 7 nitrogen and oxygen atoms in total. The van der Waals surface area contributed by atoms with Gasteiger partial charge in [-0.15, -0.1) is 0 Å². The number of benzene rings is 2. The molecule has 0 saturated carbocycles. The Morgan fingerprint density at radius 1 is 1.10 bits per heavy atom. The normalized spacial score (nSPS) is 14.6. The number of ether oxygens (including phenoxy) is 2. The standard InChI is InChI=1S/C22H23N5O2/c1-28-20-7-3-6-18-19-14-16(25-27(19)22(23)24-21(18)20)12-15-4-2-5-17(13-15)26-8-10-29-11-9-26/h2-7,13-14H,8-12H2,1H3,(H2,23,24). The van der Waals surface area contributed by atoms with Crippen molar-refractivity contribution in [3.05, 3.63) is 59.8 Å². The Morgan fingerprint density at radius 3 is 2.76 bits per heavy atom. The van der Waals surface area contributed by atoms with E-state index in [0.29, 0.717) is 11.7 Å². The fraction of sp³-hybridized carbons (Fsp3) is 0.273. The summed E-state index contributed by atoms with van der Waals surface area (Å²) in [5, 5.41) is 5.68. The lowest BCUT2D eigenvalue weighted by atomic mass is 10.1. The molecule has 2 aromatic heterocycles. The second-order valence-corrected chi connectivity index (χ2v) is 7.21. The van der Waals surface area contributed by atoms with Crippen LogP contribution >= 0.6 is 0 Å². The van der Waals surface area contributed by atoms with Gasteiger partial charge in [0.15, 0.2) is 0 Å². The van der Waals surface area contributed by atoms with Crippen molar-refractivity contribution in [1.29, 1.82) is 0 Å². The van der Waals surface area contributed by atoms with E-state index in [1.165, 1.54) is 11.3 Å². The van der Waals surface area contributed by atoms with Crippen LogP contribution in [0.5, 0.6) is 5.75 Å². The van der Waals surface area contributed by atoms with Crippen molar-refractivity contribution in [2.75, 3.05) is 44.0 Å². The Morgan fingerprint density at radius 2 is 1.93 bits per heavy atom. The summed E-state index contributed by atoms with van der Waals surface area (Å²) in [7, 11) is 1.64. The fourth-order valence-electron chi connectivity index (χ4n) is 3.95. The van der Waals surface area contributed by atoms with Crippen molar-refractivity contribution < 1.29 is 9.47 Å². The molecule has 1 fully saturated rings. The summed E-state index contributed by atoms with van der Waals surface area (Å²) in [5.74, 6) is 1.06. The molecule has 2 N–H and O–H groups in total. The summed E-state index contributed by atoms with van der Waals surface area (Å²) in [6, 6.07) is 16.6. The molecule has 0 radical (unpaired) electrons. The Bertz CT molecular complexity index is 1180. The van der Waals surface area contributed by atoms with Gasteiger partial charge in [0.05, 0.1) is 31.5 Å².